The van der Waals surface area contributed by atoms with Crippen molar-refractivity contribution in [1.29, 1.82) is 0 Å². The molecule has 7 heteroatoms. The van der Waals surface area contributed by atoms with Crippen molar-refractivity contribution in [3.63, 3.8) is 0 Å². The van der Waals surface area contributed by atoms with Crippen molar-refractivity contribution in [2.45, 2.75) is 23.8 Å². The first-order valence-electron chi connectivity index (χ1n) is 5.05. The van der Waals surface area contributed by atoms with Crippen molar-refractivity contribution >= 4 is 84.7 Å². The highest BCUT2D eigenvalue weighted by atomic mass is 33.1. The second-order valence-electron chi connectivity index (χ2n) is 2.97. The Bertz CT molecular complexity index is 108. The van der Waals surface area contributed by atoms with Gasteiger partial charge in [-0.3, -0.25) is 0 Å². The molecule has 0 aliphatic rings. The molecular weight excluding hydrogens is 333 g/mol. The van der Waals surface area contributed by atoms with Crippen LogP contribution in [0.2, 0.25) is 0 Å². The van der Waals surface area contributed by atoms with Crippen LogP contribution in [0.3, 0.4) is 0 Å². The van der Waals surface area contributed by atoms with E-state index in [1.165, 1.54) is 6.42 Å². The maximum absolute atomic E-state index is 4.33. The Morgan fingerprint density at radius 2 is 1.19 bits per heavy atom. The maximum Gasteiger partial charge on any atom is 0.0204 e. The summed E-state index contributed by atoms with van der Waals surface area (Å²) in [6.07, 6.45) is 1.18. The fourth-order valence-electron chi connectivity index (χ4n) is 0.359. The number of hydrogen-bond acceptors (Lipinski definition) is 7. The SMILES string of the molecule is CCCS.SCC(S)CSSCC(S)CS. The predicted octanol–water partition coefficient (Wildman–Crippen LogP) is 4.15. The molecule has 0 radical (unpaired) electrons. The molecule has 0 fully saturated rings. The van der Waals surface area contributed by atoms with Crippen LogP contribution in [0.1, 0.15) is 13.3 Å². The molecule has 0 saturated carbocycles. The predicted molar refractivity (Wildman–Crippen MR) is 102 cm³/mol. The van der Waals surface area contributed by atoms with E-state index in [1.807, 2.05) is 21.6 Å². The van der Waals surface area contributed by atoms with Crippen LogP contribution in [0, 0.1) is 0 Å². The van der Waals surface area contributed by atoms with E-state index in [9.17, 15) is 0 Å². The first-order chi connectivity index (χ1) is 7.62. The second-order valence-corrected chi connectivity index (χ2v) is 8.16. The summed E-state index contributed by atoms with van der Waals surface area (Å²) in [6, 6.07) is 0. The number of thiol groups is 5. The van der Waals surface area contributed by atoms with Crippen molar-refractivity contribution in [3.8, 4) is 0 Å². The van der Waals surface area contributed by atoms with Crippen LogP contribution in [0.15, 0.2) is 0 Å². The molecule has 0 aliphatic heterocycles. The van der Waals surface area contributed by atoms with Gasteiger partial charge in [-0.25, -0.2) is 0 Å². The minimum atomic E-state index is 0.403. The molecule has 0 aromatic heterocycles. The zero-order valence-corrected chi connectivity index (χ0v) is 15.6. The van der Waals surface area contributed by atoms with Crippen LogP contribution in [0.25, 0.3) is 0 Å². The van der Waals surface area contributed by atoms with Crippen LogP contribution in [-0.4, -0.2) is 39.3 Å². The smallest absolute Gasteiger partial charge is 0.0204 e. The highest BCUT2D eigenvalue weighted by molar-refractivity contribution is 8.76. The summed E-state index contributed by atoms with van der Waals surface area (Å²) in [5.74, 6) is 4.79. The molecule has 0 aromatic rings. The summed E-state index contributed by atoms with van der Waals surface area (Å²) in [5, 5.41) is 0.806. The largest absolute Gasteiger partial charge is 0.179 e. The molecule has 0 aliphatic carbocycles. The lowest BCUT2D eigenvalue weighted by Crippen LogP contribution is -2.05. The normalized spacial score (nSPS) is 13.9. The Morgan fingerprint density at radius 3 is 1.38 bits per heavy atom. The summed E-state index contributed by atoms with van der Waals surface area (Å²) < 4.78 is 0. The van der Waals surface area contributed by atoms with Gasteiger partial charge >= 0.3 is 0 Å². The number of hydrogen-bond donors (Lipinski definition) is 5. The van der Waals surface area contributed by atoms with Crippen molar-refractivity contribution in [2.24, 2.45) is 0 Å². The van der Waals surface area contributed by atoms with Crippen LogP contribution >= 0.6 is 84.7 Å². The van der Waals surface area contributed by atoms with E-state index in [1.54, 1.807) is 0 Å². The van der Waals surface area contributed by atoms with Crippen molar-refractivity contribution < 1.29 is 0 Å². The molecule has 0 amide bonds. The van der Waals surface area contributed by atoms with Gasteiger partial charge in [-0.1, -0.05) is 28.5 Å². The number of rotatable bonds is 8. The average molecular weight is 355 g/mol. The fraction of sp³-hybridized carbons (Fsp3) is 1.00. The Morgan fingerprint density at radius 1 is 0.875 bits per heavy atom. The highest BCUT2D eigenvalue weighted by Crippen LogP contribution is 2.25. The van der Waals surface area contributed by atoms with Crippen LogP contribution in [0.5, 0.6) is 0 Å². The minimum Gasteiger partial charge on any atom is -0.179 e. The van der Waals surface area contributed by atoms with Gasteiger partial charge in [-0.15, -0.1) is 0 Å². The van der Waals surface area contributed by atoms with Gasteiger partial charge in [0.15, 0.2) is 0 Å². The van der Waals surface area contributed by atoms with Gasteiger partial charge in [0.25, 0.3) is 0 Å². The summed E-state index contributed by atoms with van der Waals surface area (Å²) in [4.78, 5) is 0. The van der Waals surface area contributed by atoms with Gasteiger partial charge in [-0.05, 0) is 12.2 Å². The molecule has 0 aromatic carbocycles. The second kappa shape index (κ2) is 17.4. The monoisotopic (exact) mass is 354 g/mol. The Hall–Kier alpha value is 2.45. The Kier molecular flexibility index (Phi) is 22.6. The zero-order valence-electron chi connectivity index (χ0n) is 9.45. The third-order valence-electron chi connectivity index (χ3n) is 1.25. The molecule has 0 heterocycles. The molecule has 100 valence electrons. The van der Waals surface area contributed by atoms with Crippen LogP contribution in [0.4, 0.5) is 0 Å². The van der Waals surface area contributed by atoms with Gasteiger partial charge in [0.05, 0.1) is 0 Å². The van der Waals surface area contributed by atoms with Gasteiger partial charge in [0.2, 0.25) is 0 Å². The summed E-state index contributed by atoms with van der Waals surface area (Å²) in [6.45, 7) is 2.10. The Labute approximate surface area is 136 Å². The summed E-state index contributed by atoms with van der Waals surface area (Å²) >= 11 is 20.9. The third kappa shape index (κ3) is 18.8. The lowest BCUT2D eigenvalue weighted by Gasteiger charge is -2.08. The lowest BCUT2D eigenvalue weighted by atomic mass is 10.6. The van der Waals surface area contributed by atoms with E-state index >= 15 is 0 Å². The van der Waals surface area contributed by atoms with E-state index in [4.69, 9.17) is 0 Å². The fourth-order valence-corrected chi connectivity index (χ4v) is 4.32. The summed E-state index contributed by atoms with van der Waals surface area (Å²) in [7, 11) is 3.68. The molecule has 0 saturated heterocycles. The van der Waals surface area contributed by atoms with E-state index in [0.717, 1.165) is 28.8 Å². The van der Waals surface area contributed by atoms with Gasteiger partial charge in [-0.2, -0.15) is 63.1 Å². The first kappa shape index (κ1) is 20.8. The topological polar surface area (TPSA) is 0 Å². The summed E-state index contributed by atoms with van der Waals surface area (Å²) in [5.41, 5.74) is 0. The Balaban J connectivity index is 0. The molecule has 0 bridgehead atoms. The molecule has 2 unspecified atom stereocenters. The van der Waals surface area contributed by atoms with Gasteiger partial charge < -0.3 is 0 Å². The lowest BCUT2D eigenvalue weighted by molar-refractivity contribution is 1.11. The van der Waals surface area contributed by atoms with Crippen molar-refractivity contribution in [2.75, 3.05) is 28.8 Å². The van der Waals surface area contributed by atoms with Crippen molar-refractivity contribution in [1.82, 2.24) is 0 Å². The quantitative estimate of drug-likeness (QED) is 0.252. The van der Waals surface area contributed by atoms with Crippen LogP contribution < -0.4 is 0 Å². The molecule has 0 N–H and O–H groups in total. The zero-order chi connectivity index (χ0) is 12.8. The molecule has 16 heavy (non-hydrogen) atoms. The standard InChI is InChI=1S/C6H14S6.C3H8S/c7-1-5(9)3-11-12-4-6(10)2-8;1-2-3-4/h5-10H,1-4H2;4H,2-3H2,1H3. The van der Waals surface area contributed by atoms with E-state index in [0.29, 0.717) is 10.5 Å². The highest BCUT2D eigenvalue weighted by Gasteiger charge is 2.03. The van der Waals surface area contributed by atoms with Crippen LogP contribution in [-0.2, 0) is 0 Å². The molecule has 2 atom stereocenters. The van der Waals surface area contributed by atoms with Crippen molar-refractivity contribution in [3.05, 3.63) is 0 Å². The van der Waals surface area contributed by atoms with Gasteiger partial charge in [0, 0.05) is 33.5 Å². The molecule has 0 spiro atoms. The molecule has 0 nitrogen and oxygen atoms in total. The van der Waals surface area contributed by atoms with E-state index in [2.05, 4.69) is 70.1 Å². The molecular formula is C9H22S7. The minimum absolute atomic E-state index is 0.403. The van der Waals surface area contributed by atoms with E-state index in [-0.39, 0.29) is 0 Å². The first-order valence-corrected chi connectivity index (χ1v) is 10.5. The third-order valence-corrected chi connectivity index (χ3v) is 6.94. The average Bonchev–Trinajstić information content (AvgIpc) is 2.34. The van der Waals surface area contributed by atoms with Gasteiger partial charge in [0.1, 0.15) is 0 Å². The van der Waals surface area contributed by atoms with E-state index < -0.39 is 0 Å². The maximum atomic E-state index is 4.33. The molecule has 0 rings (SSSR count).